The van der Waals surface area contributed by atoms with E-state index < -0.39 is 0 Å². The molecular formula is C11H22N2. The van der Waals surface area contributed by atoms with E-state index in [1.54, 1.807) is 0 Å². The van der Waals surface area contributed by atoms with E-state index in [0.29, 0.717) is 6.04 Å². The summed E-state index contributed by atoms with van der Waals surface area (Å²) >= 11 is 0. The highest BCUT2D eigenvalue weighted by Crippen LogP contribution is 2.27. The molecule has 2 heteroatoms. The Morgan fingerprint density at radius 3 is 2.38 bits per heavy atom. The van der Waals surface area contributed by atoms with Gasteiger partial charge in [0.1, 0.15) is 0 Å². The third-order valence-corrected chi connectivity index (χ3v) is 3.11. The van der Waals surface area contributed by atoms with Crippen molar-refractivity contribution in [2.45, 2.75) is 51.1 Å². The molecule has 2 nitrogen and oxygen atoms in total. The van der Waals surface area contributed by atoms with Crippen molar-refractivity contribution in [3.05, 3.63) is 12.2 Å². The zero-order chi connectivity index (χ0) is 9.84. The van der Waals surface area contributed by atoms with E-state index in [1.807, 2.05) is 6.92 Å². The third-order valence-electron chi connectivity index (χ3n) is 3.11. The summed E-state index contributed by atoms with van der Waals surface area (Å²) in [6, 6.07) is 0.636. The number of rotatable bonds is 3. The Morgan fingerprint density at radius 1 is 1.38 bits per heavy atom. The molecule has 4 N–H and O–H groups in total. The first-order valence-corrected chi connectivity index (χ1v) is 5.26. The van der Waals surface area contributed by atoms with Crippen molar-refractivity contribution in [1.29, 1.82) is 0 Å². The van der Waals surface area contributed by atoms with Crippen LogP contribution in [-0.2, 0) is 0 Å². The van der Waals surface area contributed by atoms with Gasteiger partial charge in [-0.2, -0.15) is 0 Å². The summed E-state index contributed by atoms with van der Waals surface area (Å²) in [7, 11) is 0. The summed E-state index contributed by atoms with van der Waals surface area (Å²) in [5.74, 6) is 0.784. The van der Waals surface area contributed by atoms with Gasteiger partial charge in [0.15, 0.2) is 0 Å². The average molecular weight is 182 g/mol. The summed E-state index contributed by atoms with van der Waals surface area (Å²) in [5.41, 5.74) is 12.9. The smallest absolute Gasteiger partial charge is 0.0250 e. The number of nitrogens with two attached hydrogens (primary N) is 2. The normalized spacial score (nSPS) is 31.3. The first kappa shape index (κ1) is 10.7. The van der Waals surface area contributed by atoms with Crippen LogP contribution in [0.5, 0.6) is 0 Å². The molecule has 1 aliphatic carbocycles. The molecule has 1 rings (SSSR count). The van der Waals surface area contributed by atoms with Crippen LogP contribution in [0.3, 0.4) is 0 Å². The largest absolute Gasteiger partial charge is 0.328 e. The Labute approximate surface area is 81.4 Å². The van der Waals surface area contributed by atoms with E-state index in [9.17, 15) is 0 Å². The Balaban J connectivity index is 2.26. The lowest BCUT2D eigenvalue weighted by atomic mass is 9.82. The average Bonchev–Trinajstić information content (AvgIpc) is 2.08. The van der Waals surface area contributed by atoms with Crippen LogP contribution in [0.4, 0.5) is 0 Å². The number of hydrogen-bond acceptors (Lipinski definition) is 2. The van der Waals surface area contributed by atoms with Crippen molar-refractivity contribution in [2.75, 3.05) is 0 Å². The monoisotopic (exact) mass is 182 g/mol. The van der Waals surface area contributed by atoms with Crippen molar-refractivity contribution in [1.82, 2.24) is 0 Å². The van der Waals surface area contributed by atoms with E-state index in [0.717, 1.165) is 17.9 Å². The van der Waals surface area contributed by atoms with Crippen molar-refractivity contribution in [2.24, 2.45) is 17.4 Å². The minimum absolute atomic E-state index is 0.194. The molecule has 0 aromatic heterocycles. The van der Waals surface area contributed by atoms with Gasteiger partial charge in [-0.3, -0.25) is 0 Å². The van der Waals surface area contributed by atoms with Crippen molar-refractivity contribution >= 4 is 0 Å². The van der Waals surface area contributed by atoms with Gasteiger partial charge in [-0.05, 0) is 44.9 Å². The van der Waals surface area contributed by atoms with Gasteiger partial charge in [-0.25, -0.2) is 0 Å². The summed E-state index contributed by atoms with van der Waals surface area (Å²) < 4.78 is 0. The topological polar surface area (TPSA) is 52.0 Å². The molecule has 1 fully saturated rings. The molecule has 0 saturated heterocycles. The van der Waals surface area contributed by atoms with Crippen molar-refractivity contribution in [3.63, 3.8) is 0 Å². The summed E-state index contributed by atoms with van der Waals surface area (Å²) in [6.45, 7) is 5.90. The highest BCUT2D eigenvalue weighted by atomic mass is 14.7. The quantitative estimate of drug-likeness (QED) is 0.654. The number of hydrogen-bond donors (Lipinski definition) is 2. The van der Waals surface area contributed by atoms with Crippen LogP contribution >= 0.6 is 0 Å². The van der Waals surface area contributed by atoms with Crippen LogP contribution in [0.1, 0.15) is 39.0 Å². The molecule has 1 saturated carbocycles. The molecule has 0 aliphatic heterocycles. The Kier molecular flexibility index (Phi) is 3.94. The van der Waals surface area contributed by atoms with E-state index in [-0.39, 0.29) is 6.04 Å². The van der Waals surface area contributed by atoms with Crippen LogP contribution in [0, 0.1) is 5.92 Å². The van der Waals surface area contributed by atoms with Gasteiger partial charge in [0, 0.05) is 12.1 Å². The summed E-state index contributed by atoms with van der Waals surface area (Å²) in [4.78, 5) is 0. The molecule has 0 bridgehead atoms. The summed E-state index contributed by atoms with van der Waals surface area (Å²) in [6.07, 6.45) is 5.95. The van der Waals surface area contributed by atoms with Gasteiger partial charge >= 0.3 is 0 Å². The molecule has 0 aromatic carbocycles. The second kappa shape index (κ2) is 4.77. The lowest BCUT2D eigenvalue weighted by Gasteiger charge is -2.28. The minimum atomic E-state index is 0.194. The zero-order valence-electron chi connectivity index (χ0n) is 8.63. The molecule has 0 spiro atoms. The lowest BCUT2D eigenvalue weighted by Crippen LogP contribution is -2.30. The van der Waals surface area contributed by atoms with Crippen LogP contribution in [0.2, 0.25) is 0 Å². The van der Waals surface area contributed by atoms with Gasteiger partial charge in [0.2, 0.25) is 0 Å². The predicted molar refractivity (Wildman–Crippen MR) is 57.3 cm³/mol. The first-order valence-electron chi connectivity index (χ1n) is 5.26. The summed E-state index contributed by atoms with van der Waals surface area (Å²) in [5, 5.41) is 0. The molecule has 0 aromatic rings. The molecule has 76 valence electrons. The second-order valence-corrected chi connectivity index (χ2v) is 4.47. The highest BCUT2D eigenvalue weighted by Gasteiger charge is 2.20. The van der Waals surface area contributed by atoms with Gasteiger partial charge < -0.3 is 11.5 Å². The maximum absolute atomic E-state index is 5.95. The van der Waals surface area contributed by atoms with E-state index in [4.69, 9.17) is 11.5 Å². The second-order valence-electron chi connectivity index (χ2n) is 4.47. The maximum atomic E-state index is 5.95. The zero-order valence-corrected chi connectivity index (χ0v) is 8.63. The molecule has 0 heterocycles. The first-order chi connectivity index (χ1) is 6.09. The van der Waals surface area contributed by atoms with Gasteiger partial charge in [0.05, 0.1) is 0 Å². The fourth-order valence-corrected chi connectivity index (χ4v) is 1.98. The Morgan fingerprint density at radius 2 is 1.92 bits per heavy atom. The fourth-order valence-electron chi connectivity index (χ4n) is 1.98. The van der Waals surface area contributed by atoms with Crippen LogP contribution in [0.25, 0.3) is 0 Å². The van der Waals surface area contributed by atoms with Gasteiger partial charge in [-0.1, -0.05) is 12.2 Å². The molecule has 1 unspecified atom stereocenters. The molecule has 0 amide bonds. The van der Waals surface area contributed by atoms with Gasteiger partial charge in [0.25, 0.3) is 0 Å². The molecule has 13 heavy (non-hydrogen) atoms. The van der Waals surface area contributed by atoms with E-state index in [2.05, 4.69) is 6.58 Å². The highest BCUT2D eigenvalue weighted by molar-refractivity contribution is 5.00. The molecule has 1 aliphatic rings. The van der Waals surface area contributed by atoms with E-state index in [1.165, 1.54) is 25.7 Å². The third kappa shape index (κ3) is 3.49. The fraction of sp³-hybridized carbons (Fsp3) is 0.818. The molecular weight excluding hydrogens is 160 g/mol. The predicted octanol–water partition coefficient (Wildman–Crippen LogP) is 1.80. The minimum Gasteiger partial charge on any atom is -0.328 e. The SMILES string of the molecule is C=C(C)C(N)CC1CCC(N)CC1. The van der Waals surface area contributed by atoms with Gasteiger partial charge in [-0.15, -0.1) is 0 Å². The lowest BCUT2D eigenvalue weighted by molar-refractivity contribution is 0.301. The molecule has 0 radical (unpaired) electrons. The van der Waals surface area contributed by atoms with Crippen molar-refractivity contribution in [3.8, 4) is 0 Å². The van der Waals surface area contributed by atoms with Crippen molar-refractivity contribution < 1.29 is 0 Å². The van der Waals surface area contributed by atoms with Crippen LogP contribution < -0.4 is 11.5 Å². The van der Waals surface area contributed by atoms with Crippen LogP contribution in [-0.4, -0.2) is 12.1 Å². The molecule has 1 atom stereocenters. The van der Waals surface area contributed by atoms with Crippen LogP contribution in [0.15, 0.2) is 12.2 Å². The Hall–Kier alpha value is -0.340. The Bertz CT molecular complexity index is 169. The standard InChI is InChI=1S/C11H22N2/c1-8(2)11(13)7-9-3-5-10(12)6-4-9/h9-11H,1,3-7,12-13H2,2H3. The maximum Gasteiger partial charge on any atom is 0.0250 e. The van der Waals surface area contributed by atoms with E-state index >= 15 is 0 Å².